The third kappa shape index (κ3) is 4.33. The number of rotatable bonds is 6. The molecule has 19 heavy (non-hydrogen) atoms. The number of aryl methyl sites for hydroxylation is 1. The minimum absolute atomic E-state index is 0.0867. The topological polar surface area (TPSA) is 68.2 Å². The van der Waals surface area contributed by atoms with Crippen molar-refractivity contribution in [2.45, 2.75) is 25.8 Å². The number of anilines is 1. The number of nitrogens with one attached hydrogen (secondary N) is 2. The number of aromatic nitrogens is 2. The van der Waals surface area contributed by atoms with Gasteiger partial charge in [0, 0.05) is 38.4 Å². The Balaban J connectivity index is 1.80. The zero-order valence-electron chi connectivity index (χ0n) is 11.4. The van der Waals surface area contributed by atoms with E-state index >= 15 is 0 Å². The molecule has 0 aliphatic carbocycles. The van der Waals surface area contributed by atoms with E-state index in [0.717, 1.165) is 45.5 Å². The number of carbonyl (C=O) groups excluding carboxylic acids is 1. The normalized spacial score (nSPS) is 16.5. The van der Waals surface area contributed by atoms with Crippen LogP contribution in [0.2, 0.25) is 0 Å². The molecule has 106 valence electrons. The van der Waals surface area contributed by atoms with E-state index in [1.807, 2.05) is 16.9 Å². The summed E-state index contributed by atoms with van der Waals surface area (Å²) in [6, 6.07) is 1.84. The van der Waals surface area contributed by atoms with Crippen molar-refractivity contribution < 1.29 is 9.53 Å². The number of ether oxygens (including phenoxy) is 1. The van der Waals surface area contributed by atoms with Gasteiger partial charge in [-0.2, -0.15) is 5.10 Å². The SMILES string of the molecule is COCCCn1ccc(NC(=O)C2CCNCC2)n1. The van der Waals surface area contributed by atoms with Crippen molar-refractivity contribution in [1.29, 1.82) is 0 Å². The van der Waals surface area contributed by atoms with Crippen molar-refractivity contribution in [2.24, 2.45) is 5.92 Å². The van der Waals surface area contributed by atoms with E-state index in [1.165, 1.54) is 0 Å². The Morgan fingerprint density at radius 3 is 3.11 bits per heavy atom. The summed E-state index contributed by atoms with van der Waals surface area (Å²) in [5.41, 5.74) is 0. The van der Waals surface area contributed by atoms with Gasteiger partial charge in [0.25, 0.3) is 0 Å². The fourth-order valence-electron chi connectivity index (χ4n) is 2.24. The summed E-state index contributed by atoms with van der Waals surface area (Å²) < 4.78 is 6.83. The lowest BCUT2D eigenvalue weighted by Crippen LogP contribution is -2.34. The van der Waals surface area contributed by atoms with Crippen molar-refractivity contribution in [3.63, 3.8) is 0 Å². The average molecular weight is 266 g/mol. The van der Waals surface area contributed by atoms with Gasteiger partial charge in [-0.1, -0.05) is 0 Å². The summed E-state index contributed by atoms with van der Waals surface area (Å²) in [6.45, 7) is 3.36. The van der Waals surface area contributed by atoms with E-state index < -0.39 is 0 Å². The molecule has 1 aliphatic heterocycles. The van der Waals surface area contributed by atoms with Gasteiger partial charge in [-0.15, -0.1) is 0 Å². The zero-order valence-corrected chi connectivity index (χ0v) is 11.4. The molecule has 0 spiro atoms. The second-order valence-corrected chi connectivity index (χ2v) is 4.82. The van der Waals surface area contributed by atoms with Crippen LogP contribution in [0.25, 0.3) is 0 Å². The Bertz CT molecular complexity index is 399. The summed E-state index contributed by atoms with van der Waals surface area (Å²) in [5, 5.41) is 10.5. The highest BCUT2D eigenvalue weighted by Gasteiger charge is 2.21. The van der Waals surface area contributed by atoms with E-state index in [9.17, 15) is 4.79 Å². The molecule has 0 radical (unpaired) electrons. The first kappa shape index (κ1) is 14.0. The number of methoxy groups -OCH3 is 1. The molecule has 6 heteroatoms. The van der Waals surface area contributed by atoms with Gasteiger partial charge < -0.3 is 15.4 Å². The molecule has 6 nitrogen and oxygen atoms in total. The number of carbonyl (C=O) groups is 1. The molecular formula is C13H22N4O2. The molecule has 1 amide bonds. The summed E-state index contributed by atoms with van der Waals surface area (Å²) in [6.07, 6.45) is 4.61. The Morgan fingerprint density at radius 1 is 1.58 bits per heavy atom. The molecule has 0 aromatic carbocycles. The van der Waals surface area contributed by atoms with Gasteiger partial charge in [0.1, 0.15) is 0 Å². The Labute approximate surface area is 113 Å². The molecule has 1 saturated heterocycles. The minimum atomic E-state index is 0.0867. The van der Waals surface area contributed by atoms with Crippen LogP contribution in [-0.2, 0) is 16.1 Å². The maximum atomic E-state index is 12.0. The van der Waals surface area contributed by atoms with Crippen molar-refractivity contribution in [3.8, 4) is 0 Å². The van der Waals surface area contributed by atoms with Gasteiger partial charge >= 0.3 is 0 Å². The van der Waals surface area contributed by atoms with Gasteiger partial charge in [0.05, 0.1) is 0 Å². The van der Waals surface area contributed by atoms with E-state index in [-0.39, 0.29) is 11.8 Å². The first-order chi connectivity index (χ1) is 9.29. The maximum Gasteiger partial charge on any atom is 0.228 e. The molecular weight excluding hydrogens is 244 g/mol. The standard InChI is InChI=1S/C13H22N4O2/c1-19-10-2-8-17-9-5-12(16-17)15-13(18)11-3-6-14-7-4-11/h5,9,11,14H,2-4,6-8,10H2,1H3,(H,15,16,18). The van der Waals surface area contributed by atoms with Crippen LogP contribution in [0.15, 0.2) is 12.3 Å². The maximum absolute atomic E-state index is 12.0. The molecule has 0 atom stereocenters. The number of hydrogen-bond donors (Lipinski definition) is 2. The third-order valence-corrected chi connectivity index (χ3v) is 3.34. The van der Waals surface area contributed by atoms with Gasteiger partial charge in [-0.25, -0.2) is 0 Å². The van der Waals surface area contributed by atoms with Crippen molar-refractivity contribution in [3.05, 3.63) is 12.3 Å². The van der Waals surface area contributed by atoms with E-state index in [2.05, 4.69) is 15.7 Å². The lowest BCUT2D eigenvalue weighted by Gasteiger charge is -2.21. The third-order valence-electron chi connectivity index (χ3n) is 3.34. The highest BCUT2D eigenvalue weighted by Crippen LogP contribution is 2.14. The largest absolute Gasteiger partial charge is 0.385 e. The fourth-order valence-corrected chi connectivity index (χ4v) is 2.24. The summed E-state index contributed by atoms with van der Waals surface area (Å²) >= 11 is 0. The van der Waals surface area contributed by atoms with Crippen LogP contribution in [0.1, 0.15) is 19.3 Å². The van der Waals surface area contributed by atoms with E-state index in [4.69, 9.17) is 4.74 Å². The van der Waals surface area contributed by atoms with Crippen LogP contribution >= 0.6 is 0 Å². The van der Waals surface area contributed by atoms with Gasteiger partial charge in [-0.05, 0) is 32.4 Å². The molecule has 1 aromatic heterocycles. The fraction of sp³-hybridized carbons (Fsp3) is 0.692. The van der Waals surface area contributed by atoms with Gasteiger partial charge in [-0.3, -0.25) is 9.48 Å². The molecule has 2 rings (SSSR count). The number of piperidine rings is 1. The Hall–Kier alpha value is -1.40. The van der Waals surface area contributed by atoms with Crippen LogP contribution in [0.5, 0.6) is 0 Å². The molecule has 0 bridgehead atoms. The molecule has 0 saturated carbocycles. The van der Waals surface area contributed by atoms with Crippen LogP contribution in [0.3, 0.4) is 0 Å². The van der Waals surface area contributed by atoms with Gasteiger partial charge in [0.2, 0.25) is 5.91 Å². The quantitative estimate of drug-likeness (QED) is 0.749. The molecule has 1 aromatic rings. The Kier molecular flexibility index (Phi) is 5.35. The highest BCUT2D eigenvalue weighted by molar-refractivity contribution is 5.91. The number of amides is 1. The lowest BCUT2D eigenvalue weighted by molar-refractivity contribution is -0.120. The first-order valence-electron chi connectivity index (χ1n) is 6.83. The molecule has 1 fully saturated rings. The van der Waals surface area contributed by atoms with Crippen LogP contribution in [0.4, 0.5) is 5.82 Å². The van der Waals surface area contributed by atoms with Crippen molar-refractivity contribution >= 4 is 11.7 Å². The van der Waals surface area contributed by atoms with Crippen molar-refractivity contribution in [2.75, 3.05) is 32.1 Å². The summed E-state index contributed by atoms with van der Waals surface area (Å²) in [5.74, 6) is 0.837. The van der Waals surface area contributed by atoms with E-state index in [1.54, 1.807) is 7.11 Å². The second-order valence-electron chi connectivity index (χ2n) is 4.82. The zero-order chi connectivity index (χ0) is 13.5. The monoisotopic (exact) mass is 266 g/mol. The summed E-state index contributed by atoms with van der Waals surface area (Å²) in [7, 11) is 1.69. The van der Waals surface area contributed by atoms with Crippen LogP contribution in [-0.4, -0.2) is 42.5 Å². The number of hydrogen-bond acceptors (Lipinski definition) is 4. The predicted molar refractivity (Wildman–Crippen MR) is 72.9 cm³/mol. The molecule has 0 unspecified atom stereocenters. The van der Waals surface area contributed by atoms with Gasteiger partial charge in [0.15, 0.2) is 5.82 Å². The molecule has 2 heterocycles. The van der Waals surface area contributed by atoms with Crippen LogP contribution in [0, 0.1) is 5.92 Å². The average Bonchev–Trinajstić information content (AvgIpc) is 2.88. The molecule has 1 aliphatic rings. The van der Waals surface area contributed by atoms with E-state index in [0.29, 0.717) is 5.82 Å². The highest BCUT2D eigenvalue weighted by atomic mass is 16.5. The summed E-state index contributed by atoms with van der Waals surface area (Å²) in [4.78, 5) is 12.0. The number of nitrogens with zero attached hydrogens (tertiary/aromatic N) is 2. The molecule has 2 N–H and O–H groups in total. The van der Waals surface area contributed by atoms with Crippen LogP contribution < -0.4 is 10.6 Å². The van der Waals surface area contributed by atoms with Crippen molar-refractivity contribution in [1.82, 2.24) is 15.1 Å². The smallest absolute Gasteiger partial charge is 0.228 e. The minimum Gasteiger partial charge on any atom is -0.385 e. The first-order valence-corrected chi connectivity index (χ1v) is 6.83. The predicted octanol–water partition coefficient (Wildman–Crippen LogP) is 0.858. The lowest BCUT2D eigenvalue weighted by atomic mass is 9.97. The second kappa shape index (κ2) is 7.25. The Morgan fingerprint density at radius 2 is 2.37 bits per heavy atom.